The average Bonchev–Trinajstić information content (AvgIpc) is 3.13. The lowest BCUT2D eigenvalue weighted by atomic mass is 10.2. The molecule has 0 aliphatic carbocycles. The van der Waals surface area contributed by atoms with Crippen LogP contribution in [0.4, 0.5) is 0 Å². The van der Waals surface area contributed by atoms with E-state index < -0.39 is 21.0 Å². The first-order valence-corrected chi connectivity index (χ1v) is 12.6. The first-order valence-electron chi connectivity index (χ1n) is 9.43. The maximum Gasteiger partial charge on any atom is 0.305 e. The Balaban J connectivity index is 1.83. The maximum atomic E-state index is 13.1. The Morgan fingerprint density at radius 1 is 1.16 bits per heavy atom. The topological polar surface area (TPSA) is 84.9 Å². The van der Waals surface area contributed by atoms with Gasteiger partial charge in [0.15, 0.2) is 4.99 Å². The maximum absolute atomic E-state index is 13.1. The van der Waals surface area contributed by atoms with Gasteiger partial charge >= 0.3 is 5.97 Å². The number of thioether (sulfide) groups is 1. The highest BCUT2D eigenvalue weighted by Crippen LogP contribution is 2.40. The number of aryl methyl sites for hydroxylation is 1. The summed E-state index contributed by atoms with van der Waals surface area (Å²) in [6, 6.07) is 14.2. The first kappa shape index (κ1) is 23.8. The molecule has 31 heavy (non-hydrogen) atoms. The number of hydroxylamine groups is 2. The number of nitrogens with one attached hydrogen (secondary N) is 1. The van der Waals surface area contributed by atoms with Crippen molar-refractivity contribution >= 4 is 43.7 Å². The van der Waals surface area contributed by atoms with Gasteiger partial charge in [-0.05, 0) is 42.2 Å². The summed E-state index contributed by atoms with van der Waals surface area (Å²) in [7, 11) is -2.60. The third-order valence-electron chi connectivity index (χ3n) is 4.62. The molecule has 0 bridgehead atoms. The van der Waals surface area contributed by atoms with Crippen LogP contribution in [0.1, 0.15) is 24.0 Å². The number of nitrogens with zero attached hydrogens (tertiary/aromatic N) is 1. The van der Waals surface area contributed by atoms with Crippen molar-refractivity contribution in [2.45, 2.75) is 36.3 Å². The Kier molecular flexibility index (Phi) is 7.82. The predicted molar refractivity (Wildman–Crippen MR) is 123 cm³/mol. The fourth-order valence-corrected chi connectivity index (χ4v) is 5.74. The van der Waals surface area contributed by atoms with E-state index in [-0.39, 0.29) is 24.3 Å². The minimum absolute atomic E-state index is 0.0123. The molecule has 0 saturated carbocycles. The van der Waals surface area contributed by atoms with Gasteiger partial charge in [-0.3, -0.25) is 9.63 Å². The number of esters is 1. The molecule has 0 unspecified atom stereocenters. The molecule has 7 nitrogen and oxygen atoms in total. The fraction of sp³-hybridized carbons (Fsp3) is 0.286. The summed E-state index contributed by atoms with van der Waals surface area (Å²) in [6.45, 7) is 2.24. The van der Waals surface area contributed by atoms with Gasteiger partial charge in [0.25, 0.3) is 0 Å². The first-order chi connectivity index (χ1) is 14.7. The van der Waals surface area contributed by atoms with E-state index in [4.69, 9.17) is 9.57 Å². The third kappa shape index (κ3) is 6.11. The minimum atomic E-state index is -3.90. The van der Waals surface area contributed by atoms with E-state index in [0.29, 0.717) is 0 Å². The molecule has 0 amide bonds. The predicted octanol–water partition coefficient (Wildman–Crippen LogP) is 4.29. The largest absolute Gasteiger partial charge is 0.469 e. The van der Waals surface area contributed by atoms with Crippen molar-refractivity contribution in [1.29, 1.82) is 0 Å². The number of hydrogen-bond acceptors (Lipinski definition) is 7. The number of sulfonamides is 1. The van der Waals surface area contributed by atoms with Gasteiger partial charge in [-0.15, -0.1) is 0 Å². The molecule has 3 rings (SSSR count). The monoisotopic (exact) mass is 526 g/mol. The van der Waals surface area contributed by atoms with Crippen LogP contribution >= 0.6 is 27.7 Å². The molecule has 2 aromatic rings. The third-order valence-corrected chi connectivity index (χ3v) is 7.91. The quantitative estimate of drug-likeness (QED) is 0.487. The normalized spacial score (nSPS) is 18.4. The number of hydrogen-bond donors (Lipinski definition) is 1. The van der Waals surface area contributed by atoms with Crippen LogP contribution in [-0.2, 0) is 31.0 Å². The van der Waals surface area contributed by atoms with Crippen LogP contribution in [0.25, 0.3) is 0 Å². The van der Waals surface area contributed by atoms with Crippen LogP contribution in [0.2, 0.25) is 0 Å². The van der Waals surface area contributed by atoms with Crippen LogP contribution < -0.4 is 4.72 Å². The van der Waals surface area contributed by atoms with Crippen molar-refractivity contribution < 1.29 is 22.8 Å². The summed E-state index contributed by atoms with van der Waals surface area (Å²) in [5.74, 6) is -0.437. The van der Waals surface area contributed by atoms with E-state index >= 15 is 0 Å². The molecule has 166 valence electrons. The van der Waals surface area contributed by atoms with Gasteiger partial charge in [0.2, 0.25) is 10.0 Å². The van der Waals surface area contributed by atoms with Crippen molar-refractivity contribution in [3.63, 3.8) is 0 Å². The molecule has 0 fully saturated rings. The number of halogens is 1. The lowest BCUT2D eigenvalue weighted by Gasteiger charge is -2.37. The zero-order valence-corrected chi connectivity index (χ0v) is 20.3. The van der Waals surface area contributed by atoms with Gasteiger partial charge in [-0.25, -0.2) is 13.5 Å². The van der Waals surface area contributed by atoms with Crippen LogP contribution in [0, 0.1) is 6.92 Å². The van der Waals surface area contributed by atoms with Crippen molar-refractivity contribution in [2.75, 3.05) is 7.11 Å². The van der Waals surface area contributed by atoms with Gasteiger partial charge in [-0.2, -0.15) is 4.72 Å². The highest BCUT2D eigenvalue weighted by atomic mass is 79.9. The Bertz CT molecular complexity index is 1040. The summed E-state index contributed by atoms with van der Waals surface area (Å²) in [5.41, 5.74) is 2.07. The molecule has 0 saturated heterocycles. The van der Waals surface area contributed by atoms with E-state index in [1.165, 1.54) is 36.1 Å². The highest BCUT2D eigenvalue weighted by molar-refractivity contribution is 9.10. The lowest BCUT2D eigenvalue weighted by molar-refractivity contribution is -0.173. The second-order valence-electron chi connectivity index (χ2n) is 6.91. The van der Waals surface area contributed by atoms with E-state index in [0.717, 1.165) is 15.6 Å². The van der Waals surface area contributed by atoms with Crippen LogP contribution in [0.5, 0.6) is 0 Å². The number of ether oxygens (including phenoxy) is 1. The number of methoxy groups -OCH3 is 1. The van der Waals surface area contributed by atoms with Gasteiger partial charge in [-0.1, -0.05) is 57.5 Å². The molecule has 1 N–H and O–H groups in total. The van der Waals surface area contributed by atoms with Crippen LogP contribution in [0.3, 0.4) is 0 Å². The number of carbonyl (C=O) groups is 1. The van der Waals surface area contributed by atoms with Gasteiger partial charge in [0, 0.05) is 17.1 Å². The second kappa shape index (κ2) is 10.2. The van der Waals surface area contributed by atoms with Gasteiger partial charge < -0.3 is 4.74 Å². The van der Waals surface area contributed by atoms with Crippen molar-refractivity contribution in [2.24, 2.45) is 0 Å². The Hall–Kier alpha value is -1.85. The summed E-state index contributed by atoms with van der Waals surface area (Å²) in [4.78, 5) is 16.6. The highest BCUT2D eigenvalue weighted by Gasteiger charge is 2.44. The summed E-state index contributed by atoms with van der Waals surface area (Å²) in [6.07, 6.45) is 1.81. The Labute approximate surface area is 194 Å². The second-order valence-corrected chi connectivity index (χ2v) is 10.7. The lowest BCUT2D eigenvalue weighted by Crippen LogP contribution is -2.54. The van der Waals surface area contributed by atoms with Crippen molar-refractivity contribution in [1.82, 2.24) is 9.79 Å². The van der Waals surface area contributed by atoms with Gasteiger partial charge in [0.05, 0.1) is 18.4 Å². The smallest absolute Gasteiger partial charge is 0.305 e. The molecular weight excluding hydrogens is 504 g/mol. The molecule has 1 aliphatic heterocycles. The minimum Gasteiger partial charge on any atom is -0.469 e. The van der Waals surface area contributed by atoms with E-state index in [2.05, 4.69) is 20.7 Å². The average molecular weight is 527 g/mol. The molecule has 2 aromatic carbocycles. The fourth-order valence-electron chi connectivity index (χ4n) is 2.89. The molecule has 0 spiro atoms. The SMILES string of the molecule is COC(=O)CC[C@@]1(NS(=O)(=O)c2ccc(Br)cc2)SC=CN1OCc1ccc(C)cc1. The van der Waals surface area contributed by atoms with Crippen LogP contribution in [0.15, 0.2) is 69.5 Å². The molecule has 0 aromatic heterocycles. The van der Waals surface area contributed by atoms with Gasteiger partial charge in [0.1, 0.15) is 6.61 Å². The molecular formula is C21H23BrN2O5S2. The summed E-state index contributed by atoms with van der Waals surface area (Å²) in [5, 5.41) is 3.19. The summed E-state index contributed by atoms with van der Waals surface area (Å²) >= 11 is 4.53. The Morgan fingerprint density at radius 3 is 2.48 bits per heavy atom. The molecule has 1 atom stereocenters. The van der Waals surface area contributed by atoms with E-state index in [9.17, 15) is 13.2 Å². The molecule has 10 heteroatoms. The van der Waals surface area contributed by atoms with E-state index in [1.807, 2.05) is 31.2 Å². The molecule has 1 aliphatic rings. The molecule has 0 radical (unpaired) electrons. The van der Waals surface area contributed by atoms with Crippen molar-refractivity contribution in [3.05, 3.63) is 75.7 Å². The molecule has 1 heterocycles. The standard InChI is InChI=1S/C21H23BrN2O5S2/c1-16-3-5-17(6-4-16)15-29-24-13-14-30-21(24,12-11-20(25)28-2)23-31(26,27)19-9-7-18(22)8-10-19/h3-10,13-14,23H,11-12,15H2,1-2H3/t21-/m0/s1. The number of benzene rings is 2. The Morgan fingerprint density at radius 2 is 1.84 bits per heavy atom. The number of carbonyl (C=O) groups excluding carboxylic acids is 1. The van der Waals surface area contributed by atoms with Crippen molar-refractivity contribution in [3.8, 4) is 0 Å². The zero-order valence-electron chi connectivity index (χ0n) is 17.1. The zero-order chi connectivity index (χ0) is 22.5. The number of rotatable bonds is 9. The van der Waals surface area contributed by atoms with E-state index in [1.54, 1.807) is 23.7 Å². The summed E-state index contributed by atoms with van der Waals surface area (Å²) < 4.78 is 34.5. The van der Waals surface area contributed by atoms with Crippen LogP contribution in [-0.4, -0.2) is 31.6 Å².